The Morgan fingerprint density at radius 3 is 2.70 bits per heavy atom. The number of amides is 2. The maximum Gasteiger partial charge on any atom is 0.253 e. The van der Waals surface area contributed by atoms with E-state index in [-0.39, 0.29) is 24.4 Å². The molecule has 0 radical (unpaired) electrons. The first-order chi connectivity index (χ1) is 13.1. The predicted molar refractivity (Wildman–Crippen MR) is 105 cm³/mol. The number of benzene rings is 1. The van der Waals surface area contributed by atoms with E-state index < -0.39 is 0 Å². The number of halogens is 1. The van der Waals surface area contributed by atoms with Crippen molar-refractivity contribution in [3.8, 4) is 0 Å². The Morgan fingerprint density at radius 1 is 1.15 bits per heavy atom. The summed E-state index contributed by atoms with van der Waals surface area (Å²) >= 11 is 6.19. The molecule has 1 saturated carbocycles. The van der Waals surface area contributed by atoms with Crippen molar-refractivity contribution >= 4 is 29.1 Å². The molecule has 27 heavy (non-hydrogen) atoms. The summed E-state index contributed by atoms with van der Waals surface area (Å²) in [7, 11) is 0. The first kappa shape index (κ1) is 19.5. The first-order valence-corrected chi connectivity index (χ1v) is 9.63. The van der Waals surface area contributed by atoms with Crippen LogP contribution >= 0.6 is 11.6 Å². The minimum Gasteiger partial charge on any atom is -0.468 e. The highest BCUT2D eigenvalue weighted by Crippen LogP contribution is 2.22. The molecule has 1 aromatic heterocycles. The van der Waals surface area contributed by atoms with E-state index in [1.807, 2.05) is 6.07 Å². The normalized spacial score (nSPS) is 14.7. The molecule has 7 heteroatoms. The van der Waals surface area contributed by atoms with E-state index in [9.17, 15) is 9.59 Å². The van der Waals surface area contributed by atoms with Gasteiger partial charge in [-0.25, -0.2) is 0 Å². The lowest BCUT2D eigenvalue weighted by Crippen LogP contribution is -2.36. The molecular weight excluding hydrogens is 366 g/mol. The van der Waals surface area contributed by atoms with Crippen LogP contribution in [-0.2, 0) is 11.3 Å². The summed E-state index contributed by atoms with van der Waals surface area (Å²) in [6, 6.07) is 8.76. The van der Waals surface area contributed by atoms with Gasteiger partial charge in [-0.05, 0) is 43.2 Å². The van der Waals surface area contributed by atoms with Crippen molar-refractivity contribution in [2.24, 2.45) is 0 Å². The van der Waals surface area contributed by atoms with Crippen molar-refractivity contribution in [3.05, 3.63) is 52.9 Å². The number of carbonyl (C=O) groups is 2. The summed E-state index contributed by atoms with van der Waals surface area (Å²) < 4.78 is 5.20. The molecular formula is C20H24ClN3O3. The summed E-state index contributed by atoms with van der Waals surface area (Å²) in [5.74, 6) is 0.359. The van der Waals surface area contributed by atoms with Gasteiger partial charge in [0.25, 0.3) is 5.91 Å². The van der Waals surface area contributed by atoms with Gasteiger partial charge in [-0.1, -0.05) is 30.9 Å². The standard InChI is InChI=1S/C20H24ClN3O3/c21-18-9-8-15(23-19(25)13-22-12-16-7-4-10-27-16)11-17(18)20(26)24-14-5-2-1-3-6-14/h4,7-11,14,22H,1-3,5-6,12-13H2,(H,23,25)(H,24,26). The molecule has 1 heterocycles. The molecule has 6 nitrogen and oxygen atoms in total. The summed E-state index contributed by atoms with van der Waals surface area (Å²) in [6.07, 6.45) is 7.09. The van der Waals surface area contributed by atoms with E-state index in [0.717, 1.165) is 31.4 Å². The third kappa shape index (κ3) is 5.84. The third-order valence-electron chi connectivity index (χ3n) is 4.60. The van der Waals surface area contributed by atoms with Crippen LogP contribution in [0.2, 0.25) is 5.02 Å². The molecule has 3 N–H and O–H groups in total. The van der Waals surface area contributed by atoms with Gasteiger partial charge in [0, 0.05) is 11.7 Å². The van der Waals surface area contributed by atoms with Crippen LogP contribution in [0, 0.1) is 0 Å². The molecule has 0 atom stereocenters. The molecule has 1 aliphatic rings. The van der Waals surface area contributed by atoms with E-state index in [2.05, 4.69) is 16.0 Å². The van der Waals surface area contributed by atoms with Crippen molar-refractivity contribution in [1.82, 2.24) is 10.6 Å². The highest BCUT2D eigenvalue weighted by molar-refractivity contribution is 6.34. The maximum atomic E-state index is 12.5. The predicted octanol–water partition coefficient (Wildman–Crippen LogP) is 3.72. The van der Waals surface area contributed by atoms with Gasteiger partial charge in [0.15, 0.2) is 0 Å². The fourth-order valence-electron chi connectivity index (χ4n) is 3.20. The highest BCUT2D eigenvalue weighted by atomic mass is 35.5. The summed E-state index contributed by atoms with van der Waals surface area (Å²) in [6.45, 7) is 0.600. The average molecular weight is 390 g/mol. The van der Waals surface area contributed by atoms with Crippen LogP contribution in [-0.4, -0.2) is 24.4 Å². The molecule has 0 saturated heterocycles. The van der Waals surface area contributed by atoms with Gasteiger partial charge < -0.3 is 20.4 Å². The number of rotatable bonds is 7. The summed E-state index contributed by atoms with van der Waals surface area (Å²) in [4.78, 5) is 24.6. The van der Waals surface area contributed by atoms with Gasteiger partial charge in [0.05, 0.1) is 29.9 Å². The van der Waals surface area contributed by atoms with E-state index >= 15 is 0 Å². The molecule has 0 unspecified atom stereocenters. The van der Waals surface area contributed by atoms with E-state index in [1.54, 1.807) is 30.5 Å². The first-order valence-electron chi connectivity index (χ1n) is 9.25. The van der Waals surface area contributed by atoms with E-state index in [4.69, 9.17) is 16.0 Å². The van der Waals surface area contributed by atoms with Gasteiger partial charge in [0.1, 0.15) is 5.76 Å². The maximum absolute atomic E-state index is 12.5. The number of furan rings is 1. The minimum atomic E-state index is -0.206. The van der Waals surface area contributed by atoms with Crippen molar-refractivity contribution in [2.75, 3.05) is 11.9 Å². The topological polar surface area (TPSA) is 83.4 Å². The van der Waals surface area contributed by atoms with Crippen LogP contribution in [0.5, 0.6) is 0 Å². The van der Waals surface area contributed by atoms with E-state index in [1.165, 1.54) is 6.42 Å². The summed E-state index contributed by atoms with van der Waals surface area (Å²) in [5.41, 5.74) is 0.918. The zero-order chi connectivity index (χ0) is 19.1. The number of anilines is 1. The van der Waals surface area contributed by atoms with Crippen LogP contribution in [0.3, 0.4) is 0 Å². The second-order valence-corrected chi connectivity index (χ2v) is 7.14. The Balaban J connectivity index is 1.53. The Kier molecular flexibility index (Phi) is 6.90. The Morgan fingerprint density at radius 2 is 1.96 bits per heavy atom. The largest absolute Gasteiger partial charge is 0.468 e. The fourth-order valence-corrected chi connectivity index (χ4v) is 3.41. The second-order valence-electron chi connectivity index (χ2n) is 6.73. The molecule has 0 spiro atoms. The quantitative estimate of drug-likeness (QED) is 0.673. The van der Waals surface area contributed by atoms with Crippen LogP contribution in [0.1, 0.15) is 48.2 Å². The lowest BCUT2D eigenvalue weighted by atomic mass is 9.95. The molecule has 1 aromatic carbocycles. The van der Waals surface area contributed by atoms with Gasteiger partial charge >= 0.3 is 0 Å². The van der Waals surface area contributed by atoms with Crippen molar-refractivity contribution in [3.63, 3.8) is 0 Å². The van der Waals surface area contributed by atoms with Crippen molar-refractivity contribution < 1.29 is 14.0 Å². The van der Waals surface area contributed by atoms with Crippen LogP contribution in [0.25, 0.3) is 0 Å². The lowest BCUT2D eigenvalue weighted by Gasteiger charge is -2.23. The Hall–Kier alpha value is -2.31. The van der Waals surface area contributed by atoms with Gasteiger partial charge in [-0.3, -0.25) is 9.59 Å². The molecule has 144 valence electrons. The van der Waals surface area contributed by atoms with Crippen LogP contribution in [0.4, 0.5) is 5.69 Å². The number of hydrogen-bond donors (Lipinski definition) is 3. The zero-order valence-corrected chi connectivity index (χ0v) is 15.8. The molecule has 1 fully saturated rings. The van der Waals surface area contributed by atoms with Gasteiger partial charge in [-0.2, -0.15) is 0 Å². The number of carbonyl (C=O) groups excluding carboxylic acids is 2. The van der Waals surface area contributed by atoms with Crippen LogP contribution < -0.4 is 16.0 Å². The molecule has 2 amide bonds. The number of nitrogens with one attached hydrogen (secondary N) is 3. The molecule has 2 aromatic rings. The molecule has 1 aliphatic carbocycles. The third-order valence-corrected chi connectivity index (χ3v) is 4.93. The SMILES string of the molecule is O=C(CNCc1ccco1)Nc1ccc(Cl)c(C(=O)NC2CCCCC2)c1. The fraction of sp³-hybridized carbons (Fsp3) is 0.400. The van der Waals surface area contributed by atoms with E-state index in [0.29, 0.717) is 22.8 Å². The highest BCUT2D eigenvalue weighted by Gasteiger charge is 2.19. The van der Waals surface area contributed by atoms with Crippen molar-refractivity contribution in [1.29, 1.82) is 0 Å². The molecule has 0 bridgehead atoms. The zero-order valence-electron chi connectivity index (χ0n) is 15.1. The second kappa shape index (κ2) is 9.58. The minimum absolute atomic E-state index is 0.132. The van der Waals surface area contributed by atoms with Crippen molar-refractivity contribution in [2.45, 2.75) is 44.7 Å². The average Bonchev–Trinajstić information content (AvgIpc) is 3.17. The smallest absolute Gasteiger partial charge is 0.253 e. The monoisotopic (exact) mass is 389 g/mol. The molecule has 0 aliphatic heterocycles. The summed E-state index contributed by atoms with van der Waals surface area (Å²) in [5, 5.41) is 9.20. The van der Waals surface area contributed by atoms with Gasteiger partial charge in [-0.15, -0.1) is 0 Å². The Bertz CT molecular complexity index is 771. The van der Waals surface area contributed by atoms with Gasteiger partial charge in [0.2, 0.25) is 5.91 Å². The van der Waals surface area contributed by atoms with Crippen LogP contribution in [0.15, 0.2) is 41.0 Å². The Labute approximate surface area is 163 Å². The lowest BCUT2D eigenvalue weighted by molar-refractivity contribution is -0.115. The molecule has 3 rings (SSSR count). The number of hydrogen-bond acceptors (Lipinski definition) is 4.